The molecule has 0 spiro atoms. The van der Waals surface area contributed by atoms with Gasteiger partial charge in [-0.05, 0) is 48.4 Å². The van der Waals surface area contributed by atoms with Gasteiger partial charge in [-0.25, -0.2) is 14.8 Å². The highest BCUT2D eigenvalue weighted by atomic mass is 16.2. The summed E-state index contributed by atoms with van der Waals surface area (Å²) in [6, 6.07) is 13.8. The summed E-state index contributed by atoms with van der Waals surface area (Å²) in [4.78, 5) is 23.3. The molecule has 3 heterocycles. The zero-order chi connectivity index (χ0) is 16.5. The summed E-state index contributed by atoms with van der Waals surface area (Å²) in [6.45, 7) is 3.25. The van der Waals surface area contributed by atoms with Crippen molar-refractivity contribution < 1.29 is 4.79 Å². The van der Waals surface area contributed by atoms with E-state index in [0.29, 0.717) is 13.1 Å². The van der Waals surface area contributed by atoms with Crippen LogP contribution < -0.4 is 5.32 Å². The molecule has 0 fully saturated rings. The third-order valence-electron chi connectivity index (χ3n) is 4.29. The molecule has 4 rings (SSSR count). The van der Waals surface area contributed by atoms with E-state index in [-0.39, 0.29) is 6.03 Å². The van der Waals surface area contributed by atoms with Crippen LogP contribution in [0.1, 0.15) is 16.8 Å². The predicted octanol–water partition coefficient (Wildman–Crippen LogP) is 3.53. The van der Waals surface area contributed by atoms with Crippen molar-refractivity contribution in [2.75, 3.05) is 11.9 Å². The van der Waals surface area contributed by atoms with Crippen molar-refractivity contribution in [2.24, 2.45) is 0 Å². The summed E-state index contributed by atoms with van der Waals surface area (Å²) in [5.74, 6) is 0. The Morgan fingerprint density at radius 1 is 1.21 bits per heavy atom. The van der Waals surface area contributed by atoms with Gasteiger partial charge in [0, 0.05) is 42.5 Å². The van der Waals surface area contributed by atoms with E-state index in [1.165, 1.54) is 0 Å². The van der Waals surface area contributed by atoms with Crippen molar-refractivity contribution >= 4 is 22.8 Å². The van der Waals surface area contributed by atoms with Crippen LogP contribution in [0.25, 0.3) is 11.0 Å². The number of rotatable bonds is 1. The van der Waals surface area contributed by atoms with Crippen LogP contribution in [0.4, 0.5) is 10.5 Å². The Labute approximate surface area is 140 Å². The van der Waals surface area contributed by atoms with E-state index in [1.54, 1.807) is 6.20 Å². The van der Waals surface area contributed by atoms with Crippen LogP contribution in [-0.4, -0.2) is 27.4 Å². The Morgan fingerprint density at radius 2 is 2.12 bits per heavy atom. The van der Waals surface area contributed by atoms with Gasteiger partial charge in [-0.15, -0.1) is 0 Å². The van der Waals surface area contributed by atoms with E-state index in [9.17, 15) is 4.79 Å². The quantitative estimate of drug-likeness (QED) is 0.747. The van der Waals surface area contributed by atoms with Crippen LogP contribution in [0.2, 0.25) is 0 Å². The molecule has 0 unspecified atom stereocenters. The SMILES string of the molecule is Cc1cccc(NC(=O)N2CCc3nc4ncccc4cc3C2)c1. The number of amides is 2. The van der Waals surface area contributed by atoms with Crippen molar-refractivity contribution in [3.63, 3.8) is 0 Å². The normalized spacial score (nSPS) is 13.6. The molecule has 3 aromatic rings. The van der Waals surface area contributed by atoms with Crippen molar-refractivity contribution in [3.05, 3.63) is 65.5 Å². The number of nitrogens with one attached hydrogen (secondary N) is 1. The summed E-state index contributed by atoms with van der Waals surface area (Å²) < 4.78 is 0. The number of fused-ring (bicyclic) bond motifs is 2. The lowest BCUT2D eigenvalue weighted by atomic mass is 10.0. The fourth-order valence-electron chi connectivity index (χ4n) is 3.06. The van der Waals surface area contributed by atoms with E-state index in [2.05, 4.69) is 21.4 Å². The van der Waals surface area contributed by atoms with Crippen molar-refractivity contribution in [1.82, 2.24) is 14.9 Å². The molecule has 5 heteroatoms. The van der Waals surface area contributed by atoms with Crippen molar-refractivity contribution in [2.45, 2.75) is 19.9 Å². The smallest absolute Gasteiger partial charge is 0.320 e. The Hall–Kier alpha value is -2.95. The van der Waals surface area contributed by atoms with Crippen LogP contribution in [0.5, 0.6) is 0 Å². The van der Waals surface area contributed by atoms with Crippen LogP contribution in [0, 0.1) is 6.92 Å². The van der Waals surface area contributed by atoms with E-state index in [1.807, 2.05) is 48.2 Å². The van der Waals surface area contributed by atoms with Gasteiger partial charge in [-0.3, -0.25) is 0 Å². The minimum absolute atomic E-state index is 0.0717. The summed E-state index contributed by atoms with van der Waals surface area (Å²) >= 11 is 0. The molecule has 0 bridgehead atoms. The maximum absolute atomic E-state index is 12.5. The molecule has 1 aliphatic rings. The van der Waals surface area contributed by atoms with E-state index < -0.39 is 0 Å². The second kappa shape index (κ2) is 5.92. The van der Waals surface area contributed by atoms with Gasteiger partial charge in [0.1, 0.15) is 0 Å². The molecule has 0 atom stereocenters. The molecule has 0 radical (unpaired) electrons. The molecule has 2 amide bonds. The topological polar surface area (TPSA) is 58.1 Å². The maximum Gasteiger partial charge on any atom is 0.322 e. The fraction of sp³-hybridized carbons (Fsp3) is 0.211. The van der Waals surface area contributed by atoms with Gasteiger partial charge < -0.3 is 10.2 Å². The minimum atomic E-state index is -0.0717. The third kappa shape index (κ3) is 2.80. The lowest BCUT2D eigenvalue weighted by Crippen LogP contribution is -2.39. The molecular formula is C19H18N4O. The van der Waals surface area contributed by atoms with E-state index in [0.717, 1.165) is 40.0 Å². The number of benzene rings is 1. The van der Waals surface area contributed by atoms with Gasteiger partial charge in [0.2, 0.25) is 0 Å². The average Bonchev–Trinajstić information content (AvgIpc) is 2.59. The first-order chi connectivity index (χ1) is 11.7. The summed E-state index contributed by atoms with van der Waals surface area (Å²) in [7, 11) is 0. The first-order valence-corrected chi connectivity index (χ1v) is 8.05. The molecule has 120 valence electrons. The van der Waals surface area contributed by atoms with Crippen LogP contribution in [0.15, 0.2) is 48.7 Å². The number of pyridine rings is 2. The molecule has 0 saturated carbocycles. The zero-order valence-corrected chi connectivity index (χ0v) is 13.5. The molecular weight excluding hydrogens is 300 g/mol. The highest BCUT2D eigenvalue weighted by Gasteiger charge is 2.22. The molecule has 1 aromatic carbocycles. The third-order valence-corrected chi connectivity index (χ3v) is 4.29. The Morgan fingerprint density at radius 3 is 3.00 bits per heavy atom. The van der Waals surface area contributed by atoms with Gasteiger partial charge in [0.25, 0.3) is 0 Å². The van der Waals surface area contributed by atoms with Gasteiger partial charge in [-0.1, -0.05) is 12.1 Å². The number of aryl methyl sites for hydroxylation is 1. The van der Waals surface area contributed by atoms with Gasteiger partial charge in [-0.2, -0.15) is 0 Å². The van der Waals surface area contributed by atoms with E-state index >= 15 is 0 Å². The predicted molar refractivity (Wildman–Crippen MR) is 93.8 cm³/mol. The minimum Gasteiger partial charge on any atom is -0.320 e. The van der Waals surface area contributed by atoms with Crippen molar-refractivity contribution in [3.8, 4) is 0 Å². The van der Waals surface area contributed by atoms with Gasteiger partial charge in [0.05, 0.1) is 0 Å². The highest BCUT2D eigenvalue weighted by Crippen LogP contribution is 2.22. The summed E-state index contributed by atoms with van der Waals surface area (Å²) in [5, 5.41) is 3.99. The number of hydrogen-bond donors (Lipinski definition) is 1. The Balaban J connectivity index is 1.55. The maximum atomic E-state index is 12.5. The number of hydrogen-bond acceptors (Lipinski definition) is 3. The average molecular weight is 318 g/mol. The number of urea groups is 1. The molecule has 2 aromatic heterocycles. The number of carbonyl (C=O) groups excluding carboxylic acids is 1. The molecule has 0 saturated heterocycles. The zero-order valence-electron chi connectivity index (χ0n) is 13.5. The number of carbonyl (C=O) groups is 1. The number of aromatic nitrogens is 2. The molecule has 1 N–H and O–H groups in total. The first-order valence-electron chi connectivity index (χ1n) is 8.05. The Bertz CT molecular complexity index is 922. The molecule has 24 heavy (non-hydrogen) atoms. The van der Waals surface area contributed by atoms with Crippen LogP contribution >= 0.6 is 0 Å². The number of anilines is 1. The standard InChI is InChI=1S/C19H18N4O/c1-13-4-2-6-16(10-13)21-19(24)23-9-7-17-15(12-23)11-14-5-3-8-20-18(14)22-17/h2-6,8,10-11H,7,9,12H2,1H3,(H,21,24). The van der Waals surface area contributed by atoms with Gasteiger partial charge in [0.15, 0.2) is 5.65 Å². The van der Waals surface area contributed by atoms with Crippen molar-refractivity contribution in [1.29, 1.82) is 0 Å². The summed E-state index contributed by atoms with van der Waals surface area (Å²) in [5.41, 5.74) is 4.86. The molecule has 1 aliphatic heterocycles. The largest absolute Gasteiger partial charge is 0.322 e. The highest BCUT2D eigenvalue weighted by molar-refractivity contribution is 5.89. The van der Waals surface area contributed by atoms with E-state index in [4.69, 9.17) is 0 Å². The monoisotopic (exact) mass is 318 g/mol. The molecule has 5 nitrogen and oxygen atoms in total. The van der Waals surface area contributed by atoms with Gasteiger partial charge >= 0.3 is 6.03 Å². The molecule has 0 aliphatic carbocycles. The number of nitrogens with zero attached hydrogens (tertiary/aromatic N) is 3. The van der Waals surface area contributed by atoms with Crippen LogP contribution in [-0.2, 0) is 13.0 Å². The lowest BCUT2D eigenvalue weighted by molar-refractivity contribution is 0.206. The Kier molecular flexibility index (Phi) is 3.61. The lowest BCUT2D eigenvalue weighted by Gasteiger charge is -2.28. The second-order valence-electron chi connectivity index (χ2n) is 6.12. The summed E-state index contributed by atoms with van der Waals surface area (Å²) in [6.07, 6.45) is 2.51. The van der Waals surface area contributed by atoms with Crippen LogP contribution in [0.3, 0.4) is 0 Å². The first kappa shape index (κ1) is 14.6. The second-order valence-corrected chi connectivity index (χ2v) is 6.12. The fourth-order valence-corrected chi connectivity index (χ4v) is 3.06.